The second kappa shape index (κ2) is 7.49. The highest BCUT2D eigenvalue weighted by Crippen LogP contribution is 2.43. The Kier molecular flexibility index (Phi) is 4.71. The summed E-state index contributed by atoms with van der Waals surface area (Å²) in [4.78, 5) is 18.2. The molecule has 0 radical (unpaired) electrons. The number of benzene rings is 3. The summed E-state index contributed by atoms with van der Waals surface area (Å²) < 4.78 is 2.26. The maximum atomic E-state index is 12.5. The van der Waals surface area contributed by atoms with Gasteiger partial charge in [-0.15, -0.1) is 11.8 Å². The van der Waals surface area contributed by atoms with Gasteiger partial charge in [0.15, 0.2) is 5.16 Å². The first-order valence-electron chi connectivity index (χ1n) is 9.22. The first kappa shape index (κ1) is 17.6. The van der Waals surface area contributed by atoms with Gasteiger partial charge in [-0.25, -0.2) is 0 Å². The van der Waals surface area contributed by atoms with Crippen molar-refractivity contribution in [2.45, 2.75) is 21.3 Å². The molecule has 5 rings (SSSR count). The third kappa shape index (κ3) is 3.15. The first-order chi connectivity index (χ1) is 13.8. The van der Waals surface area contributed by atoms with E-state index in [1.807, 2.05) is 48.2 Å². The minimum Gasteiger partial charge on any atom is -0.311 e. The number of fused-ring (bicyclic) bond motifs is 3. The average Bonchev–Trinajstić information content (AvgIpc) is 2.75. The van der Waals surface area contributed by atoms with Gasteiger partial charge in [-0.2, -0.15) is 4.98 Å². The molecule has 0 unspecified atom stereocenters. The van der Waals surface area contributed by atoms with E-state index in [0.29, 0.717) is 10.6 Å². The van der Waals surface area contributed by atoms with Gasteiger partial charge in [-0.3, -0.25) is 4.79 Å². The molecule has 5 heteroatoms. The summed E-state index contributed by atoms with van der Waals surface area (Å²) in [5.41, 5.74) is 2.06. The summed E-state index contributed by atoms with van der Waals surface area (Å²) in [6.45, 7) is 0. The largest absolute Gasteiger partial charge is 0.311 e. The lowest BCUT2D eigenvalue weighted by molar-refractivity contribution is 0.524. The molecule has 0 bridgehead atoms. The van der Waals surface area contributed by atoms with Crippen LogP contribution in [0.2, 0.25) is 0 Å². The molecule has 1 aliphatic rings. The Hall–Kier alpha value is -2.50. The Bertz CT molecular complexity index is 1180. The fraction of sp³-hybridized carbons (Fsp3) is 0.130. The minimum atomic E-state index is -0.143. The Morgan fingerprint density at radius 2 is 1.57 bits per heavy atom. The van der Waals surface area contributed by atoms with Crippen molar-refractivity contribution in [3.63, 3.8) is 0 Å². The molecule has 28 heavy (non-hydrogen) atoms. The van der Waals surface area contributed by atoms with Gasteiger partial charge in [0.25, 0.3) is 5.56 Å². The molecular weight excluding hydrogens is 384 g/mol. The van der Waals surface area contributed by atoms with Crippen LogP contribution in [0, 0.1) is 0 Å². The number of para-hydroxylation sites is 1. The van der Waals surface area contributed by atoms with Crippen LogP contribution >= 0.6 is 23.5 Å². The molecule has 1 aliphatic heterocycles. The van der Waals surface area contributed by atoms with Crippen LogP contribution in [0.25, 0.3) is 10.9 Å². The van der Waals surface area contributed by atoms with E-state index in [2.05, 4.69) is 58.1 Å². The average molecular weight is 403 g/mol. The molecule has 0 saturated heterocycles. The van der Waals surface area contributed by atoms with Crippen molar-refractivity contribution in [3.8, 4) is 0 Å². The van der Waals surface area contributed by atoms with E-state index < -0.39 is 0 Å². The van der Waals surface area contributed by atoms with Gasteiger partial charge in [0.1, 0.15) is 0 Å². The maximum absolute atomic E-state index is 12.5. The van der Waals surface area contributed by atoms with E-state index in [-0.39, 0.29) is 11.6 Å². The van der Waals surface area contributed by atoms with Crippen LogP contribution in [0.3, 0.4) is 0 Å². The molecule has 0 fully saturated rings. The van der Waals surface area contributed by atoms with E-state index in [4.69, 9.17) is 0 Å². The molecule has 0 N–H and O–H groups in total. The fourth-order valence-electron chi connectivity index (χ4n) is 3.74. The molecular formula is C23H18N2OS2. The van der Waals surface area contributed by atoms with E-state index in [1.54, 1.807) is 11.8 Å². The molecule has 2 atom stereocenters. The predicted molar refractivity (Wildman–Crippen MR) is 117 cm³/mol. The molecule has 0 spiro atoms. The molecule has 0 aliphatic carbocycles. The van der Waals surface area contributed by atoms with E-state index in [0.717, 1.165) is 16.4 Å². The van der Waals surface area contributed by atoms with Gasteiger partial charge >= 0.3 is 0 Å². The zero-order chi connectivity index (χ0) is 18.9. The van der Waals surface area contributed by atoms with E-state index >= 15 is 0 Å². The Morgan fingerprint density at radius 3 is 2.36 bits per heavy atom. The lowest BCUT2D eigenvalue weighted by atomic mass is 10.0. The SMILES string of the molecule is O=c1nc2n(c3ccccc13)[C@H](c1ccccc1)[C@@H](Sc1ccccc1)CS2. The highest BCUT2D eigenvalue weighted by Gasteiger charge is 2.33. The molecule has 3 nitrogen and oxygen atoms in total. The second-order valence-corrected chi connectivity index (χ2v) is 9.02. The van der Waals surface area contributed by atoms with Gasteiger partial charge in [0, 0.05) is 15.9 Å². The van der Waals surface area contributed by atoms with Crippen molar-refractivity contribution in [2.75, 3.05) is 5.75 Å². The normalized spacial score (nSPS) is 18.7. The number of hydrogen-bond donors (Lipinski definition) is 0. The zero-order valence-corrected chi connectivity index (χ0v) is 16.7. The summed E-state index contributed by atoms with van der Waals surface area (Å²) in [6.07, 6.45) is 0. The van der Waals surface area contributed by atoms with Crippen molar-refractivity contribution in [2.24, 2.45) is 0 Å². The van der Waals surface area contributed by atoms with Crippen LogP contribution in [0.1, 0.15) is 11.6 Å². The minimum absolute atomic E-state index is 0.112. The lowest BCUT2D eigenvalue weighted by Gasteiger charge is -2.35. The smallest absolute Gasteiger partial charge is 0.281 e. The van der Waals surface area contributed by atoms with Crippen LogP contribution in [0.5, 0.6) is 0 Å². The number of aromatic nitrogens is 2. The van der Waals surface area contributed by atoms with Crippen molar-refractivity contribution >= 4 is 34.4 Å². The van der Waals surface area contributed by atoms with E-state index in [1.165, 1.54) is 10.5 Å². The molecule has 0 amide bonds. The summed E-state index contributed by atoms with van der Waals surface area (Å²) >= 11 is 3.57. The fourth-order valence-corrected chi connectivity index (χ4v) is 6.28. The van der Waals surface area contributed by atoms with Gasteiger partial charge in [0.05, 0.1) is 16.9 Å². The topological polar surface area (TPSA) is 34.9 Å². The quantitative estimate of drug-likeness (QED) is 0.438. The predicted octanol–water partition coefficient (Wildman–Crippen LogP) is 5.25. The molecule has 4 aromatic rings. The number of nitrogens with zero attached hydrogens (tertiary/aromatic N) is 2. The summed E-state index contributed by atoms with van der Waals surface area (Å²) in [5, 5.41) is 1.82. The standard InChI is InChI=1S/C23H18N2OS2/c26-22-18-13-7-8-14-19(18)25-21(16-9-3-1-4-10-16)20(15-27-23(25)24-22)28-17-11-5-2-6-12-17/h1-14,20-21H,15H2/t20-,21+/m0/s1. The molecule has 3 aromatic carbocycles. The van der Waals surface area contributed by atoms with E-state index in [9.17, 15) is 4.79 Å². The maximum Gasteiger partial charge on any atom is 0.281 e. The van der Waals surface area contributed by atoms with Crippen molar-refractivity contribution in [1.82, 2.24) is 9.55 Å². The zero-order valence-electron chi connectivity index (χ0n) is 15.1. The Balaban J connectivity index is 1.71. The van der Waals surface area contributed by atoms with Crippen molar-refractivity contribution in [3.05, 3.63) is 101 Å². The Morgan fingerprint density at radius 1 is 0.893 bits per heavy atom. The number of hydrogen-bond acceptors (Lipinski definition) is 4. The number of thioether (sulfide) groups is 2. The number of rotatable bonds is 3. The Labute approximate surface area is 171 Å². The molecule has 0 saturated carbocycles. The summed E-state index contributed by atoms with van der Waals surface area (Å²) in [5.74, 6) is 0.907. The van der Waals surface area contributed by atoms with Crippen LogP contribution in [0.15, 0.2) is 99.8 Å². The van der Waals surface area contributed by atoms with Crippen LogP contribution in [-0.2, 0) is 0 Å². The van der Waals surface area contributed by atoms with Gasteiger partial charge in [-0.05, 0) is 29.8 Å². The monoisotopic (exact) mass is 402 g/mol. The summed E-state index contributed by atoms with van der Waals surface area (Å²) in [7, 11) is 0. The first-order valence-corrected chi connectivity index (χ1v) is 11.1. The molecule has 2 heterocycles. The van der Waals surface area contributed by atoms with Gasteiger partial charge < -0.3 is 4.57 Å². The van der Waals surface area contributed by atoms with Gasteiger partial charge in [-0.1, -0.05) is 72.4 Å². The van der Waals surface area contributed by atoms with Crippen LogP contribution in [0.4, 0.5) is 0 Å². The third-order valence-electron chi connectivity index (χ3n) is 4.98. The van der Waals surface area contributed by atoms with Crippen molar-refractivity contribution < 1.29 is 0 Å². The van der Waals surface area contributed by atoms with Crippen molar-refractivity contribution in [1.29, 1.82) is 0 Å². The lowest BCUT2D eigenvalue weighted by Crippen LogP contribution is -2.33. The summed E-state index contributed by atoms with van der Waals surface area (Å²) in [6, 6.07) is 29.0. The third-order valence-corrected chi connectivity index (χ3v) is 7.53. The molecule has 138 valence electrons. The van der Waals surface area contributed by atoms with Crippen LogP contribution < -0.4 is 5.56 Å². The second-order valence-electron chi connectivity index (χ2n) is 6.72. The molecule has 1 aromatic heterocycles. The highest BCUT2D eigenvalue weighted by atomic mass is 32.2. The van der Waals surface area contributed by atoms with Gasteiger partial charge in [0.2, 0.25) is 0 Å². The van der Waals surface area contributed by atoms with Crippen LogP contribution in [-0.4, -0.2) is 20.6 Å². The highest BCUT2D eigenvalue weighted by molar-refractivity contribution is 8.03.